The molecule has 1 saturated heterocycles. The van der Waals surface area contributed by atoms with E-state index in [9.17, 15) is 26.0 Å². The van der Waals surface area contributed by atoms with E-state index in [1.54, 1.807) is 25.1 Å². The van der Waals surface area contributed by atoms with Gasteiger partial charge >= 0.3 is 6.18 Å². The zero-order valence-electron chi connectivity index (χ0n) is 22.7. The fourth-order valence-electron chi connectivity index (χ4n) is 4.47. The molecular formula is C28H35Cl2F5N2O2S. The molecule has 1 atom stereocenters. The first-order valence-corrected chi connectivity index (χ1v) is 15.5. The SMILES string of the molecule is C=C(C)C(F)(CCN1CCC(NS(C)(=O)=O)CC1)c1ccc(Cl)c(Cl)c1.CCCc1ccc(F)c(C(F)(F)F)c1. The lowest BCUT2D eigenvalue weighted by molar-refractivity contribution is -0.140. The molecule has 2 aromatic rings. The third-order valence-corrected chi connectivity index (χ3v) is 8.17. The molecule has 0 spiro atoms. The normalized spacial score (nSPS) is 16.6. The van der Waals surface area contributed by atoms with Crippen molar-refractivity contribution in [2.75, 3.05) is 25.9 Å². The van der Waals surface area contributed by atoms with Gasteiger partial charge in [0, 0.05) is 19.0 Å². The monoisotopic (exact) mass is 628 g/mol. The van der Waals surface area contributed by atoms with Gasteiger partial charge in [0.05, 0.1) is 21.9 Å². The van der Waals surface area contributed by atoms with Crippen molar-refractivity contribution in [3.63, 3.8) is 0 Å². The van der Waals surface area contributed by atoms with Crippen molar-refractivity contribution in [3.05, 3.63) is 81.1 Å². The fraction of sp³-hybridized carbons (Fsp3) is 0.500. The van der Waals surface area contributed by atoms with Crippen LogP contribution < -0.4 is 4.72 Å². The van der Waals surface area contributed by atoms with E-state index in [-0.39, 0.29) is 12.5 Å². The second-order valence-corrected chi connectivity index (χ2v) is 12.6. The van der Waals surface area contributed by atoms with E-state index in [1.165, 1.54) is 12.3 Å². The first-order valence-electron chi connectivity index (χ1n) is 12.8. The van der Waals surface area contributed by atoms with Gasteiger partial charge in [-0.1, -0.05) is 55.3 Å². The number of benzene rings is 2. The minimum absolute atomic E-state index is 0.0485. The molecule has 0 amide bonds. The van der Waals surface area contributed by atoms with Gasteiger partial charge in [-0.15, -0.1) is 0 Å². The molecule has 224 valence electrons. The summed E-state index contributed by atoms with van der Waals surface area (Å²) in [5, 5.41) is 0.708. The standard InChI is InChI=1S/C18H25Cl2FN2O2S.C10H10F4/c1-13(2)18(21,14-4-5-16(19)17(20)12-14)8-11-23-9-6-15(7-10-23)22-26(3,24)25;1-2-3-7-4-5-9(11)8(6-7)10(12,13)14/h4-5,12,15,22H,1,6-11H2,2-3H3;4-6H,2-3H2,1H3. The quantitative estimate of drug-likeness (QED) is 0.227. The molecule has 0 radical (unpaired) electrons. The first-order chi connectivity index (χ1) is 18.5. The molecule has 40 heavy (non-hydrogen) atoms. The number of nitrogens with one attached hydrogen (secondary N) is 1. The average molecular weight is 630 g/mol. The molecule has 1 fully saturated rings. The summed E-state index contributed by atoms with van der Waals surface area (Å²) in [5.41, 5.74) is -1.47. The van der Waals surface area contributed by atoms with Crippen LogP contribution in [0.25, 0.3) is 0 Å². The van der Waals surface area contributed by atoms with E-state index < -0.39 is 33.2 Å². The number of hydrogen-bond donors (Lipinski definition) is 1. The third-order valence-electron chi connectivity index (χ3n) is 6.67. The third kappa shape index (κ3) is 10.3. The van der Waals surface area contributed by atoms with Crippen LogP contribution in [0.15, 0.2) is 48.6 Å². The number of allylic oxidation sites excluding steroid dienone is 1. The summed E-state index contributed by atoms with van der Waals surface area (Å²) >= 11 is 12.0. The number of alkyl halides is 4. The van der Waals surface area contributed by atoms with Crippen LogP contribution in [0.4, 0.5) is 22.0 Å². The van der Waals surface area contributed by atoms with Crippen LogP contribution >= 0.6 is 23.2 Å². The molecule has 1 aliphatic rings. The van der Waals surface area contributed by atoms with Crippen LogP contribution in [0.5, 0.6) is 0 Å². The van der Waals surface area contributed by atoms with Crippen LogP contribution in [-0.4, -0.2) is 45.2 Å². The summed E-state index contributed by atoms with van der Waals surface area (Å²) in [7, 11) is -3.20. The van der Waals surface area contributed by atoms with E-state index >= 15 is 4.39 Å². The van der Waals surface area contributed by atoms with E-state index in [0.717, 1.165) is 31.6 Å². The molecule has 1 aliphatic heterocycles. The predicted molar refractivity (Wildman–Crippen MR) is 152 cm³/mol. The van der Waals surface area contributed by atoms with Gasteiger partial charge in [-0.3, -0.25) is 0 Å². The number of nitrogens with zero attached hydrogens (tertiary/aromatic N) is 1. The second-order valence-electron chi connectivity index (χ2n) is 10.0. The van der Waals surface area contributed by atoms with E-state index in [0.29, 0.717) is 52.6 Å². The molecule has 2 aromatic carbocycles. The highest BCUT2D eigenvalue weighted by atomic mass is 35.5. The van der Waals surface area contributed by atoms with Gasteiger partial charge in [0.15, 0.2) is 5.67 Å². The van der Waals surface area contributed by atoms with Crippen molar-refractivity contribution in [3.8, 4) is 0 Å². The van der Waals surface area contributed by atoms with Gasteiger partial charge in [-0.2, -0.15) is 13.2 Å². The molecule has 1 heterocycles. The number of hydrogen-bond acceptors (Lipinski definition) is 3. The maximum atomic E-state index is 15.7. The summed E-state index contributed by atoms with van der Waals surface area (Å²) < 4.78 is 90.4. The minimum atomic E-state index is -4.60. The van der Waals surface area contributed by atoms with Gasteiger partial charge < -0.3 is 4.90 Å². The highest BCUT2D eigenvalue weighted by molar-refractivity contribution is 7.88. The van der Waals surface area contributed by atoms with Gasteiger partial charge in [-0.05, 0) is 80.2 Å². The molecule has 3 rings (SSSR count). The summed E-state index contributed by atoms with van der Waals surface area (Å²) in [6.45, 7) is 9.35. The number of sulfonamides is 1. The zero-order valence-corrected chi connectivity index (χ0v) is 25.1. The van der Waals surface area contributed by atoms with Crippen molar-refractivity contribution < 1.29 is 30.4 Å². The Morgan fingerprint density at radius 2 is 1.70 bits per heavy atom. The van der Waals surface area contributed by atoms with E-state index in [2.05, 4.69) is 16.2 Å². The number of aryl methyl sites for hydroxylation is 1. The Hall–Kier alpha value is -1.72. The molecule has 0 bridgehead atoms. The molecule has 12 heteroatoms. The number of piperidine rings is 1. The predicted octanol–water partition coefficient (Wildman–Crippen LogP) is 7.94. The zero-order chi connectivity index (χ0) is 30.3. The van der Waals surface area contributed by atoms with Crippen molar-refractivity contribution in [1.82, 2.24) is 9.62 Å². The lowest BCUT2D eigenvalue weighted by Crippen LogP contribution is -2.45. The largest absolute Gasteiger partial charge is 0.419 e. The Morgan fingerprint density at radius 3 is 2.20 bits per heavy atom. The van der Waals surface area contributed by atoms with Gasteiger partial charge in [0.2, 0.25) is 10.0 Å². The summed E-state index contributed by atoms with van der Waals surface area (Å²) in [6, 6.07) is 7.87. The van der Waals surface area contributed by atoms with Gasteiger partial charge in [0.1, 0.15) is 5.82 Å². The first kappa shape index (κ1) is 34.5. The Morgan fingerprint density at radius 1 is 1.07 bits per heavy atom. The molecule has 1 N–H and O–H groups in total. The van der Waals surface area contributed by atoms with Gasteiger partial charge in [0.25, 0.3) is 0 Å². The maximum absolute atomic E-state index is 15.7. The summed E-state index contributed by atoms with van der Waals surface area (Å²) in [6.07, 6.45) is -0.482. The van der Waals surface area contributed by atoms with Gasteiger partial charge in [-0.25, -0.2) is 21.9 Å². The van der Waals surface area contributed by atoms with Crippen molar-refractivity contribution in [2.24, 2.45) is 0 Å². The van der Waals surface area contributed by atoms with Crippen LogP contribution in [0.2, 0.25) is 10.0 Å². The molecule has 4 nitrogen and oxygen atoms in total. The fourth-order valence-corrected chi connectivity index (χ4v) is 5.61. The van der Waals surface area contributed by atoms with Crippen LogP contribution in [0, 0.1) is 5.82 Å². The Bertz CT molecular complexity index is 1270. The minimum Gasteiger partial charge on any atom is -0.303 e. The second kappa shape index (κ2) is 14.4. The molecule has 0 aliphatic carbocycles. The van der Waals surface area contributed by atoms with Crippen LogP contribution in [-0.2, 0) is 28.3 Å². The Labute approximate surface area is 243 Å². The number of rotatable bonds is 9. The smallest absolute Gasteiger partial charge is 0.303 e. The molecule has 0 aromatic heterocycles. The number of likely N-dealkylation sites (tertiary alicyclic amines) is 1. The lowest BCUT2D eigenvalue weighted by Gasteiger charge is -2.34. The molecule has 1 unspecified atom stereocenters. The average Bonchev–Trinajstić information content (AvgIpc) is 2.85. The van der Waals surface area contributed by atoms with E-state index in [4.69, 9.17) is 23.2 Å². The highest BCUT2D eigenvalue weighted by Crippen LogP contribution is 2.39. The Balaban J connectivity index is 0.000000337. The lowest BCUT2D eigenvalue weighted by atomic mass is 9.86. The topological polar surface area (TPSA) is 49.4 Å². The van der Waals surface area contributed by atoms with Crippen LogP contribution in [0.1, 0.15) is 56.2 Å². The van der Waals surface area contributed by atoms with E-state index in [1.807, 2.05) is 6.92 Å². The molecule has 0 saturated carbocycles. The summed E-state index contributed by atoms with van der Waals surface area (Å²) in [4.78, 5) is 2.15. The summed E-state index contributed by atoms with van der Waals surface area (Å²) in [5.74, 6) is -1.21. The molecular weight excluding hydrogens is 594 g/mol. The van der Waals surface area contributed by atoms with Crippen molar-refractivity contribution >= 4 is 33.2 Å². The van der Waals surface area contributed by atoms with Crippen molar-refractivity contribution in [2.45, 2.75) is 63.8 Å². The maximum Gasteiger partial charge on any atom is 0.419 e. The number of halogens is 7. The highest BCUT2D eigenvalue weighted by Gasteiger charge is 2.35. The Kier molecular flexibility index (Phi) is 12.5. The van der Waals surface area contributed by atoms with Crippen LogP contribution in [0.3, 0.4) is 0 Å². The van der Waals surface area contributed by atoms with Crippen molar-refractivity contribution in [1.29, 1.82) is 0 Å².